The molecule has 0 unspecified atom stereocenters. The van der Waals surface area contributed by atoms with Crippen LogP contribution in [0.3, 0.4) is 0 Å². The molecule has 2 rings (SSSR count). The molecule has 2 aromatic rings. The number of hydrogen-bond donors (Lipinski definition) is 1. The van der Waals surface area contributed by atoms with Gasteiger partial charge in [0.25, 0.3) is 0 Å². The highest BCUT2D eigenvalue weighted by Gasteiger charge is 2.08. The predicted molar refractivity (Wildman–Crippen MR) is 67.8 cm³/mol. The van der Waals surface area contributed by atoms with E-state index in [9.17, 15) is 4.79 Å². The molecule has 0 aliphatic heterocycles. The quantitative estimate of drug-likeness (QED) is 0.901. The number of ether oxygens (including phenoxy) is 1. The molecule has 0 bridgehead atoms. The summed E-state index contributed by atoms with van der Waals surface area (Å²) in [4.78, 5) is 10.9. The van der Waals surface area contributed by atoms with E-state index in [1.165, 1.54) is 6.07 Å². The number of thiophene rings is 1. The average molecular weight is 289 g/mol. The first-order chi connectivity index (χ1) is 8.06. The van der Waals surface area contributed by atoms with Gasteiger partial charge in [-0.3, -0.25) is 0 Å². The van der Waals surface area contributed by atoms with Crippen molar-refractivity contribution in [3.8, 4) is 11.5 Å². The first-order valence-electron chi connectivity index (χ1n) is 4.51. The van der Waals surface area contributed by atoms with Crippen molar-refractivity contribution in [3.63, 3.8) is 0 Å². The maximum Gasteiger partial charge on any atom is 0.346 e. The molecule has 0 radical (unpaired) electrons. The van der Waals surface area contributed by atoms with E-state index in [0.29, 0.717) is 21.5 Å². The van der Waals surface area contributed by atoms with Gasteiger partial charge in [0.15, 0.2) is 0 Å². The highest BCUT2D eigenvalue weighted by Crippen LogP contribution is 2.31. The molecule has 1 aromatic heterocycles. The number of rotatable bonds is 3. The summed E-state index contributed by atoms with van der Waals surface area (Å²) >= 11 is 12.7. The van der Waals surface area contributed by atoms with Crippen LogP contribution in [-0.4, -0.2) is 11.1 Å². The second-order valence-corrected chi connectivity index (χ2v) is 4.86. The van der Waals surface area contributed by atoms with Crippen molar-refractivity contribution in [1.29, 1.82) is 0 Å². The van der Waals surface area contributed by atoms with Gasteiger partial charge in [0.05, 0.1) is 10.0 Å². The summed E-state index contributed by atoms with van der Waals surface area (Å²) in [7, 11) is 0. The summed E-state index contributed by atoms with van der Waals surface area (Å²) < 4.78 is 5.45. The van der Waals surface area contributed by atoms with Crippen LogP contribution < -0.4 is 4.74 Å². The fourth-order valence-corrected chi connectivity index (χ4v) is 2.09. The molecule has 88 valence electrons. The van der Waals surface area contributed by atoms with Gasteiger partial charge in [-0.15, -0.1) is 11.3 Å². The Morgan fingerprint density at radius 1 is 1.18 bits per heavy atom. The third-order valence-corrected chi connectivity index (χ3v) is 3.55. The minimum absolute atomic E-state index is 0.222. The topological polar surface area (TPSA) is 46.5 Å². The zero-order chi connectivity index (χ0) is 12.4. The molecule has 17 heavy (non-hydrogen) atoms. The predicted octanol–water partition coefficient (Wildman–Crippen LogP) is 4.55. The minimum atomic E-state index is -0.973. The van der Waals surface area contributed by atoms with Crippen LogP contribution in [0.5, 0.6) is 11.5 Å². The smallest absolute Gasteiger partial charge is 0.346 e. The Morgan fingerprint density at radius 2 is 1.94 bits per heavy atom. The second-order valence-electron chi connectivity index (χ2n) is 3.13. The Balaban J connectivity index is 2.19. The van der Waals surface area contributed by atoms with E-state index in [0.717, 1.165) is 11.3 Å². The van der Waals surface area contributed by atoms with Gasteiger partial charge in [-0.2, -0.15) is 0 Å². The lowest BCUT2D eigenvalue weighted by Gasteiger charge is -2.03. The molecule has 0 aliphatic carbocycles. The molecule has 0 atom stereocenters. The van der Waals surface area contributed by atoms with Crippen molar-refractivity contribution in [2.24, 2.45) is 0 Å². The first-order valence-corrected chi connectivity index (χ1v) is 6.14. The standard InChI is InChI=1S/C11H6Cl2O3S/c12-8-2-1-6(3-9(8)13)16-7-4-10(11(14)15)17-5-7/h1-5H,(H,14,15). The molecule has 0 spiro atoms. The van der Waals surface area contributed by atoms with E-state index < -0.39 is 5.97 Å². The Bertz CT molecular complexity index is 566. The lowest BCUT2D eigenvalue weighted by atomic mass is 10.3. The highest BCUT2D eigenvalue weighted by molar-refractivity contribution is 7.12. The number of carbonyl (C=O) groups is 1. The van der Waals surface area contributed by atoms with Gasteiger partial charge in [-0.1, -0.05) is 23.2 Å². The molecule has 1 aromatic carbocycles. The monoisotopic (exact) mass is 288 g/mol. The average Bonchev–Trinajstić information content (AvgIpc) is 2.72. The van der Waals surface area contributed by atoms with Gasteiger partial charge in [-0.25, -0.2) is 4.79 Å². The van der Waals surface area contributed by atoms with Gasteiger partial charge in [0.2, 0.25) is 0 Å². The summed E-state index contributed by atoms with van der Waals surface area (Å²) in [5.74, 6) is -0.00100. The number of aromatic carboxylic acids is 1. The fraction of sp³-hybridized carbons (Fsp3) is 0. The number of halogens is 2. The van der Waals surface area contributed by atoms with Crippen molar-refractivity contribution >= 4 is 40.5 Å². The van der Waals surface area contributed by atoms with Crippen LogP contribution >= 0.6 is 34.5 Å². The third-order valence-electron chi connectivity index (χ3n) is 1.91. The number of carboxylic acid groups (broad SMARTS) is 1. The van der Waals surface area contributed by atoms with Gasteiger partial charge >= 0.3 is 5.97 Å². The van der Waals surface area contributed by atoms with Crippen LogP contribution in [-0.2, 0) is 0 Å². The summed E-state index contributed by atoms with van der Waals surface area (Å²) in [6, 6.07) is 6.30. The van der Waals surface area contributed by atoms with Gasteiger partial charge in [0, 0.05) is 17.5 Å². The summed E-state index contributed by atoms with van der Waals surface area (Å²) in [6.07, 6.45) is 0. The highest BCUT2D eigenvalue weighted by atomic mass is 35.5. The van der Waals surface area contributed by atoms with Crippen LogP contribution in [0.2, 0.25) is 10.0 Å². The second kappa shape index (κ2) is 4.96. The van der Waals surface area contributed by atoms with Crippen molar-refractivity contribution in [2.45, 2.75) is 0 Å². The number of benzene rings is 1. The van der Waals surface area contributed by atoms with Crippen LogP contribution in [0.15, 0.2) is 29.6 Å². The Labute approximate surface area is 111 Å². The molecule has 0 amide bonds. The molecule has 0 fully saturated rings. The van der Waals surface area contributed by atoms with Gasteiger partial charge in [0.1, 0.15) is 16.4 Å². The van der Waals surface area contributed by atoms with E-state index in [1.807, 2.05) is 0 Å². The number of carboxylic acids is 1. The van der Waals surface area contributed by atoms with E-state index in [-0.39, 0.29) is 4.88 Å². The maximum absolute atomic E-state index is 10.7. The number of hydrogen-bond acceptors (Lipinski definition) is 3. The molecule has 0 aliphatic rings. The summed E-state index contributed by atoms with van der Waals surface area (Å²) in [5, 5.41) is 11.2. The van der Waals surface area contributed by atoms with Crippen molar-refractivity contribution in [1.82, 2.24) is 0 Å². The van der Waals surface area contributed by atoms with Gasteiger partial charge < -0.3 is 9.84 Å². The lowest BCUT2D eigenvalue weighted by Crippen LogP contribution is -1.90. The molecule has 0 saturated heterocycles. The molecular weight excluding hydrogens is 283 g/mol. The van der Waals surface area contributed by atoms with Crippen molar-refractivity contribution in [2.75, 3.05) is 0 Å². The van der Waals surface area contributed by atoms with Crippen LogP contribution in [0, 0.1) is 0 Å². The van der Waals surface area contributed by atoms with Crippen LogP contribution in [0.4, 0.5) is 0 Å². The van der Waals surface area contributed by atoms with E-state index in [2.05, 4.69) is 0 Å². The molecule has 0 saturated carbocycles. The molecule has 1 N–H and O–H groups in total. The first kappa shape index (κ1) is 12.2. The van der Waals surface area contributed by atoms with Crippen LogP contribution in [0.25, 0.3) is 0 Å². The Morgan fingerprint density at radius 3 is 2.53 bits per heavy atom. The molecule has 6 heteroatoms. The third kappa shape index (κ3) is 2.91. The summed E-state index contributed by atoms with van der Waals surface area (Å²) in [5.41, 5.74) is 0. The summed E-state index contributed by atoms with van der Waals surface area (Å²) in [6.45, 7) is 0. The fourth-order valence-electron chi connectivity index (χ4n) is 1.16. The van der Waals surface area contributed by atoms with Crippen molar-refractivity contribution in [3.05, 3.63) is 44.6 Å². The van der Waals surface area contributed by atoms with Crippen LogP contribution in [0.1, 0.15) is 9.67 Å². The zero-order valence-corrected chi connectivity index (χ0v) is 10.6. The minimum Gasteiger partial charge on any atom is -0.477 e. The molecule has 3 nitrogen and oxygen atoms in total. The zero-order valence-electron chi connectivity index (χ0n) is 8.31. The van der Waals surface area contributed by atoms with Gasteiger partial charge in [-0.05, 0) is 12.1 Å². The van der Waals surface area contributed by atoms with Crippen molar-refractivity contribution < 1.29 is 14.6 Å². The SMILES string of the molecule is O=C(O)c1cc(Oc2ccc(Cl)c(Cl)c2)cs1. The van der Waals surface area contributed by atoms with E-state index >= 15 is 0 Å². The molecular formula is C11H6Cl2O3S. The van der Waals surface area contributed by atoms with E-state index in [4.69, 9.17) is 33.0 Å². The lowest BCUT2D eigenvalue weighted by molar-refractivity contribution is 0.0702. The largest absolute Gasteiger partial charge is 0.477 e. The van der Waals surface area contributed by atoms with E-state index in [1.54, 1.807) is 23.6 Å². The molecule has 1 heterocycles. The normalized spacial score (nSPS) is 10.2. The Hall–Kier alpha value is -1.23. The maximum atomic E-state index is 10.7. The Kier molecular flexibility index (Phi) is 3.57.